The van der Waals surface area contributed by atoms with Crippen LogP contribution < -0.4 is 0 Å². The Morgan fingerprint density at radius 3 is 2.45 bits per heavy atom. The van der Waals surface area contributed by atoms with E-state index in [1.165, 1.54) is 0 Å². The third kappa shape index (κ3) is 4.57. The Balaban J connectivity index is 4.00. The lowest BCUT2D eigenvalue weighted by Crippen LogP contribution is -1.84. The highest BCUT2D eigenvalue weighted by molar-refractivity contribution is 5.25. The molecule has 0 aliphatic carbocycles. The highest BCUT2D eigenvalue weighted by Gasteiger charge is 1.86. The Labute approximate surface area is 68.7 Å². The van der Waals surface area contributed by atoms with Crippen molar-refractivity contribution in [1.29, 1.82) is 0 Å². The fourth-order valence-corrected chi connectivity index (χ4v) is 0.583. The summed E-state index contributed by atoms with van der Waals surface area (Å²) >= 11 is 0. The molecular weight excluding hydrogens is 136 g/mol. The number of allylic oxidation sites excluding steroid dienone is 3. The van der Waals surface area contributed by atoms with Gasteiger partial charge in [-0.1, -0.05) is 37.3 Å². The number of hydrogen-bond donors (Lipinski definition) is 1. The molecule has 0 saturated carbocycles. The second-order valence-electron chi connectivity index (χ2n) is 2.37. The first-order chi connectivity index (χ1) is 5.24. The Morgan fingerprint density at radius 2 is 2.09 bits per heavy atom. The number of hydrogen-bond acceptors (Lipinski definition) is 1. The first-order valence-electron chi connectivity index (χ1n) is 3.86. The van der Waals surface area contributed by atoms with Crippen LogP contribution in [0.2, 0.25) is 0 Å². The molecule has 0 bridgehead atoms. The topological polar surface area (TPSA) is 20.2 Å². The molecule has 0 rings (SSSR count). The van der Waals surface area contributed by atoms with Gasteiger partial charge in [-0.2, -0.15) is 0 Å². The lowest BCUT2D eigenvalue weighted by atomic mass is 10.1. The van der Waals surface area contributed by atoms with Crippen molar-refractivity contribution in [3.8, 4) is 0 Å². The minimum Gasteiger partial charge on any atom is -0.392 e. The molecule has 0 saturated heterocycles. The molecule has 0 aromatic heterocycles. The van der Waals surface area contributed by atoms with Crippen molar-refractivity contribution in [2.75, 3.05) is 6.61 Å². The van der Waals surface area contributed by atoms with E-state index in [0.29, 0.717) is 0 Å². The smallest absolute Gasteiger partial charge is 0.0678 e. The van der Waals surface area contributed by atoms with Gasteiger partial charge in [0.2, 0.25) is 0 Å². The zero-order valence-electron chi connectivity index (χ0n) is 7.30. The number of rotatable bonds is 4. The summed E-state index contributed by atoms with van der Waals surface area (Å²) < 4.78 is 0. The van der Waals surface area contributed by atoms with Crippen LogP contribution in [0.5, 0.6) is 0 Å². The molecule has 0 amide bonds. The van der Waals surface area contributed by atoms with Gasteiger partial charge in [0.1, 0.15) is 0 Å². The van der Waals surface area contributed by atoms with Gasteiger partial charge in [0, 0.05) is 0 Å². The minimum atomic E-state index is 0.101. The standard InChI is InChI=1S/C10H16O/c1-4-9(3)6-7-10(5-2)8-11/h5-7,11H,3-4,8H2,1-2H3/b7-6-,10-5+. The molecule has 0 aromatic rings. The monoisotopic (exact) mass is 152 g/mol. The molecule has 0 spiro atoms. The van der Waals surface area contributed by atoms with E-state index in [1.54, 1.807) is 0 Å². The van der Waals surface area contributed by atoms with Crippen molar-refractivity contribution in [1.82, 2.24) is 0 Å². The molecule has 0 aliphatic heterocycles. The van der Waals surface area contributed by atoms with Gasteiger partial charge >= 0.3 is 0 Å². The van der Waals surface area contributed by atoms with E-state index in [9.17, 15) is 0 Å². The van der Waals surface area contributed by atoms with Gasteiger partial charge in [-0.3, -0.25) is 0 Å². The predicted octanol–water partition coefficient (Wildman–Crippen LogP) is 2.45. The summed E-state index contributed by atoms with van der Waals surface area (Å²) in [5.74, 6) is 0. The molecule has 1 N–H and O–H groups in total. The van der Waals surface area contributed by atoms with Crippen molar-refractivity contribution in [3.63, 3.8) is 0 Å². The number of aliphatic hydroxyl groups excluding tert-OH is 1. The van der Waals surface area contributed by atoms with E-state index in [2.05, 4.69) is 13.5 Å². The SMILES string of the molecule is C=C(/C=C\C(=C/C)CO)CC. The predicted molar refractivity (Wildman–Crippen MR) is 49.4 cm³/mol. The van der Waals surface area contributed by atoms with Gasteiger partial charge in [0.05, 0.1) is 6.61 Å². The molecule has 0 radical (unpaired) electrons. The van der Waals surface area contributed by atoms with Crippen molar-refractivity contribution >= 4 is 0 Å². The molecule has 0 heterocycles. The summed E-state index contributed by atoms with van der Waals surface area (Å²) in [6, 6.07) is 0. The van der Waals surface area contributed by atoms with E-state index >= 15 is 0 Å². The average Bonchev–Trinajstić information content (AvgIpc) is 2.06. The Bertz CT molecular complexity index is 175. The van der Waals surface area contributed by atoms with Crippen LogP contribution in [0.15, 0.2) is 36.0 Å². The van der Waals surface area contributed by atoms with Gasteiger partial charge in [-0.25, -0.2) is 0 Å². The maximum atomic E-state index is 8.76. The van der Waals surface area contributed by atoms with E-state index in [0.717, 1.165) is 17.6 Å². The summed E-state index contributed by atoms with van der Waals surface area (Å²) in [5, 5.41) is 8.76. The largest absolute Gasteiger partial charge is 0.392 e. The highest BCUT2D eigenvalue weighted by atomic mass is 16.3. The quantitative estimate of drug-likeness (QED) is 0.613. The molecule has 1 heteroatoms. The van der Waals surface area contributed by atoms with Crippen LogP contribution in [0.3, 0.4) is 0 Å². The van der Waals surface area contributed by atoms with Crippen molar-refractivity contribution in [3.05, 3.63) is 36.0 Å². The molecule has 1 nitrogen and oxygen atoms in total. The summed E-state index contributed by atoms with van der Waals surface area (Å²) in [7, 11) is 0. The summed E-state index contributed by atoms with van der Waals surface area (Å²) in [6.07, 6.45) is 6.68. The van der Waals surface area contributed by atoms with Crippen LogP contribution in [0.4, 0.5) is 0 Å². The van der Waals surface area contributed by atoms with Gasteiger partial charge in [0.25, 0.3) is 0 Å². The minimum absolute atomic E-state index is 0.101. The number of aliphatic hydroxyl groups is 1. The van der Waals surface area contributed by atoms with Crippen molar-refractivity contribution in [2.24, 2.45) is 0 Å². The van der Waals surface area contributed by atoms with Gasteiger partial charge in [-0.05, 0) is 18.9 Å². The van der Waals surface area contributed by atoms with Gasteiger partial charge in [0.15, 0.2) is 0 Å². The highest BCUT2D eigenvalue weighted by Crippen LogP contribution is 2.02. The average molecular weight is 152 g/mol. The Hall–Kier alpha value is -0.820. The molecule has 62 valence electrons. The van der Waals surface area contributed by atoms with E-state index in [4.69, 9.17) is 5.11 Å². The molecule has 11 heavy (non-hydrogen) atoms. The first kappa shape index (κ1) is 10.2. The Kier molecular flexibility index (Phi) is 5.49. The van der Waals surface area contributed by atoms with E-state index < -0.39 is 0 Å². The van der Waals surface area contributed by atoms with E-state index in [-0.39, 0.29) is 6.61 Å². The normalized spacial score (nSPS) is 12.5. The van der Waals surface area contributed by atoms with Crippen LogP contribution in [0.25, 0.3) is 0 Å². The van der Waals surface area contributed by atoms with Crippen LogP contribution in [0.1, 0.15) is 20.3 Å². The molecule has 0 aliphatic rings. The fraction of sp³-hybridized carbons (Fsp3) is 0.400. The molecule has 0 fully saturated rings. The summed E-state index contributed by atoms with van der Waals surface area (Å²) in [5.41, 5.74) is 2.01. The first-order valence-corrected chi connectivity index (χ1v) is 3.86. The second kappa shape index (κ2) is 5.93. The third-order valence-corrected chi connectivity index (χ3v) is 1.54. The third-order valence-electron chi connectivity index (χ3n) is 1.54. The van der Waals surface area contributed by atoms with Gasteiger partial charge < -0.3 is 5.11 Å². The van der Waals surface area contributed by atoms with Crippen molar-refractivity contribution < 1.29 is 5.11 Å². The molecule has 0 unspecified atom stereocenters. The maximum Gasteiger partial charge on any atom is 0.0678 e. The van der Waals surface area contributed by atoms with Crippen LogP contribution in [0, 0.1) is 0 Å². The van der Waals surface area contributed by atoms with Crippen molar-refractivity contribution in [2.45, 2.75) is 20.3 Å². The second-order valence-corrected chi connectivity index (χ2v) is 2.37. The zero-order chi connectivity index (χ0) is 8.69. The lowest BCUT2D eigenvalue weighted by molar-refractivity contribution is 0.335. The van der Waals surface area contributed by atoms with Crippen LogP contribution in [-0.2, 0) is 0 Å². The van der Waals surface area contributed by atoms with Gasteiger partial charge in [-0.15, -0.1) is 0 Å². The maximum absolute atomic E-state index is 8.76. The fourth-order valence-electron chi connectivity index (χ4n) is 0.583. The Morgan fingerprint density at radius 1 is 1.45 bits per heavy atom. The molecule has 0 aromatic carbocycles. The van der Waals surface area contributed by atoms with Crippen LogP contribution >= 0.6 is 0 Å². The lowest BCUT2D eigenvalue weighted by Gasteiger charge is -1.94. The molecule has 0 atom stereocenters. The van der Waals surface area contributed by atoms with Crippen LogP contribution in [-0.4, -0.2) is 11.7 Å². The zero-order valence-corrected chi connectivity index (χ0v) is 7.30. The van der Waals surface area contributed by atoms with E-state index in [1.807, 2.05) is 25.2 Å². The summed E-state index contributed by atoms with van der Waals surface area (Å²) in [4.78, 5) is 0. The molecular formula is C10H16O. The summed E-state index contributed by atoms with van der Waals surface area (Å²) in [6.45, 7) is 7.88.